The monoisotopic (exact) mass is 486 g/mol. The van der Waals surface area contributed by atoms with E-state index in [0.717, 1.165) is 33.8 Å². The van der Waals surface area contributed by atoms with Gasteiger partial charge in [-0.15, -0.1) is 11.3 Å². The van der Waals surface area contributed by atoms with E-state index >= 15 is 0 Å². The van der Waals surface area contributed by atoms with Crippen molar-refractivity contribution in [1.29, 1.82) is 0 Å². The molecule has 6 rings (SSSR count). The first kappa shape index (κ1) is 21.1. The summed E-state index contributed by atoms with van der Waals surface area (Å²) in [5, 5.41) is 2.07. The molecule has 7 heteroatoms. The molecule has 170 valence electrons. The summed E-state index contributed by atoms with van der Waals surface area (Å²) in [7, 11) is 3.22. The molecule has 34 heavy (non-hydrogen) atoms. The number of nitrogens with zero attached hydrogens (tertiary/aromatic N) is 2. The molecular weight excluding hydrogens is 464 g/mol. The van der Waals surface area contributed by atoms with Crippen LogP contribution in [-0.2, 0) is 6.42 Å². The van der Waals surface area contributed by atoms with Crippen LogP contribution in [0.25, 0.3) is 11.8 Å². The number of fused-ring (bicyclic) bond motifs is 3. The number of hydrogen-bond donors (Lipinski definition) is 0. The Morgan fingerprint density at radius 1 is 1.03 bits per heavy atom. The van der Waals surface area contributed by atoms with Crippen LogP contribution in [0.3, 0.4) is 0 Å². The number of rotatable bonds is 4. The molecule has 0 radical (unpaired) electrons. The molecule has 1 aliphatic carbocycles. The fraction of sp³-hybridized carbons (Fsp3) is 0.185. The summed E-state index contributed by atoms with van der Waals surface area (Å²) >= 11 is 3.11. The summed E-state index contributed by atoms with van der Waals surface area (Å²) in [5.41, 5.74) is 5.50. The van der Waals surface area contributed by atoms with Crippen LogP contribution in [0.5, 0.6) is 11.5 Å². The maximum absolute atomic E-state index is 13.8. The molecule has 2 aromatic carbocycles. The van der Waals surface area contributed by atoms with E-state index in [9.17, 15) is 4.79 Å². The molecular formula is C27H22N2O3S2. The Hall–Kier alpha value is -3.42. The Labute approximate surface area is 204 Å². The second-order valence-electron chi connectivity index (χ2n) is 8.21. The molecule has 0 bridgehead atoms. The number of benzene rings is 2. The number of aryl methyl sites for hydroxylation is 1. The van der Waals surface area contributed by atoms with Crippen molar-refractivity contribution >= 4 is 34.4 Å². The Bertz CT molecular complexity index is 1610. The molecule has 1 aliphatic heterocycles. The number of thiophene rings is 1. The first-order valence-electron chi connectivity index (χ1n) is 11.1. The van der Waals surface area contributed by atoms with Crippen LogP contribution >= 0.6 is 22.7 Å². The first-order chi connectivity index (χ1) is 16.7. The Morgan fingerprint density at radius 2 is 1.91 bits per heavy atom. The molecule has 0 saturated heterocycles. The molecule has 0 amide bonds. The predicted octanol–water partition coefficient (Wildman–Crippen LogP) is 4.40. The van der Waals surface area contributed by atoms with Crippen molar-refractivity contribution in [1.82, 2.24) is 4.57 Å². The average Bonchev–Trinajstić information content (AvgIpc) is 3.51. The molecule has 2 aromatic heterocycles. The summed E-state index contributed by atoms with van der Waals surface area (Å²) in [6.45, 7) is 0. The van der Waals surface area contributed by atoms with E-state index in [1.807, 2.05) is 34.9 Å². The van der Waals surface area contributed by atoms with E-state index < -0.39 is 0 Å². The van der Waals surface area contributed by atoms with Crippen molar-refractivity contribution < 1.29 is 9.47 Å². The van der Waals surface area contributed by atoms with Crippen LogP contribution in [0.4, 0.5) is 0 Å². The SMILES string of the molecule is COc1cccc(C=c2sc3n(c2=O)C(c2cccs2)C2=C(N=3)c3ccccc3CC2)c1OC. The Morgan fingerprint density at radius 3 is 2.71 bits per heavy atom. The standard InChI is InChI=1S/C27H22N2O3S2/c1-31-20-10-5-8-17(25(20)32-2)15-22-26(30)29-24(21-11-6-14-33-21)19-13-12-16-7-3-4-9-18(16)23(19)28-27(29)34-22/h3-11,14-15,24H,12-13H2,1-2H3. The molecule has 0 saturated carbocycles. The molecule has 0 fully saturated rings. The van der Waals surface area contributed by atoms with Gasteiger partial charge in [0.25, 0.3) is 5.56 Å². The highest BCUT2D eigenvalue weighted by molar-refractivity contribution is 7.10. The van der Waals surface area contributed by atoms with Crippen molar-refractivity contribution in [2.75, 3.05) is 14.2 Å². The lowest BCUT2D eigenvalue weighted by molar-refractivity contribution is 0.354. The van der Waals surface area contributed by atoms with E-state index in [4.69, 9.17) is 14.5 Å². The zero-order valence-corrected chi connectivity index (χ0v) is 20.4. The number of thiazole rings is 1. The van der Waals surface area contributed by atoms with Gasteiger partial charge in [0.2, 0.25) is 0 Å². The number of aromatic nitrogens is 1. The van der Waals surface area contributed by atoms with Crippen LogP contribution in [0, 0.1) is 0 Å². The second kappa shape index (κ2) is 8.42. The molecule has 4 aromatic rings. The van der Waals surface area contributed by atoms with Crippen LogP contribution in [-0.4, -0.2) is 18.8 Å². The smallest absolute Gasteiger partial charge is 0.271 e. The van der Waals surface area contributed by atoms with Crippen molar-refractivity contribution in [2.24, 2.45) is 4.99 Å². The summed E-state index contributed by atoms with van der Waals surface area (Å²) < 4.78 is 13.5. The van der Waals surface area contributed by atoms with Gasteiger partial charge in [0.1, 0.15) is 0 Å². The lowest BCUT2D eigenvalue weighted by atomic mass is 9.85. The zero-order chi connectivity index (χ0) is 23.2. The number of para-hydroxylation sites is 1. The molecule has 1 unspecified atom stereocenters. The number of methoxy groups -OCH3 is 2. The third kappa shape index (κ3) is 3.27. The molecule has 5 nitrogen and oxygen atoms in total. The van der Waals surface area contributed by atoms with Crippen LogP contribution < -0.4 is 24.4 Å². The first-order valence-corrected chi connectivity index (χ1v) is 12.8. The zero-order valence-electron chi connectivity index (χ0n) is 18.8. The largest absolute Gasteiger partial charge is 0.493 e. The molecule has 0 N–H and O–H groups in total. The van der Waals surface area contributed by atoms with Gasteiger partial charge >= 0.3 is 0 Å². The molecule has 2 aliphatic rings. The molecule has 3 heterocycles. The molecule has 1 atom stereocenters. The minimum absolute atomic E-state index is 0.0302. The van der Waals surface area contributed by atoms with E-state index in [2.05, 4.69) is 35.7 Å². The minimum atomic E-state index is -0.131. The normalized spacial score (nSPS) is 17.0. The van der Waals surface area contributed by atoms with Gasteiger partial charge in [-0.25, -0.2) is 4.99 Å². The van der Waals surface area contributed by atoms with Crippen molar-refractivity contribution in [3.05, 3.63) is 107 Å². The maximum atomic E-state index is 13.8. The van der Waals surface area contributed by atoms with E-state index in [1.54, 1.807) is 25.6 Å². The van der Waals surface area contributed by atoms with Gasteiger partial charge in [-0.1, -0.05) is 53.8 Å². The fourth-order valence-corrected chi connectivity index (χ4v) is 6.72. The lowest BCUT2D eigenvalue weighted by Gasteiger charge is -2.30. The Balaban J connectivity index is 1.61. The third-order valence-corrected chi connectivity index (χ3v) is 8.31. The van der Waals surface area contributed by atoms with Crippen LogP contribution in [0.1, 0.15) is 34.0 Å². The minimum Gasteiger partial charge on any atom is -0.493 e. The van der Waals surface area contributed by atoms with Crippen molar-refractivity contribution in [3.8, 4) is 11.5 Å². The highest BCUT2D eigenvalue weighted by Gasteiger charge is 2.33. The fourth-order valence-electron chi connectivity index (χ4n) is 4.88. The van der Waals surface area contributed by atoms with Crippen LogP contribution in [0.15, 0.2) is 75.3 Å². The maximum Gasteiger partial charge on any atom is 0.271 e. The second-order valence-corrected chi connectivity index (χ2v) is 10.2. The average molecular weight is 487 g/mol. The highest BCUT2D eigenvalue weighted by Crippen LogP contribution is 2.42. The van der Waals surface area contributed by atoms with Gasteiger partial charge in [-0.3, -0.25) is 9.36 Å². The number of ether oxygens (including phenoxy) is 2. The van der Waals surface area contributed by atoms with Gasteiger partial charge in [-0.05, 0) is 47.6 Å². The van der Waals surface area contributed by atoms with E-state index in [-0.39, 0.29) is 11.6 Å². The van der Waals surface area contributed by atoms with Gasteiger partial charge in [0.15, 0.2) is 16.3 Å². The topological polar surface area (TPSA) is 52.8 Å². The molecule has 0 spiro atoms. The Kier molecular flexibility index (Phi) is 5.23. The summed E-state index contributed by atoms with van der Waals surface area (Å²) in [6, 6.07) is 18.2. The van der Waals surface area contributed by atoms with Crippen molar-refractivity contribution in [2.45, 2.75) is 18.9 Å². The lowest BCUT2D eigenvalue weighted by Crippen LogP contribution is -2.38. The summed E-state index contributed by atoms with van der Waals surface area (Å²) in [4.78, 5) is 20.7. The number of hydrogen-bond acceptors (Lipinski definition) is 6. The van der Waals surface area contributed by atoms with Gasteiger partial charge in [0, 0.05) is 16.0 Å². The summed E-state index contributed by atoms with van der Waals surface area (Å²) in [6.07, 6.45) is 3.73. The van der Waals surface area contributed by atoms with Crippen LogP contribution in [0.2, 0.25) is 0 Å². The van der Waals surface area contributed by atoms with Gasteiger partial charge in [-0.2, -0.15) is 0 Å². The predicted molar refractivity (Wildman–Crippen MR) is 137 cm³/mol. The van der Waals surface area contributed by atoms with E-state index in [1.165, 1.54) is 28.0 Å². The summed E-state index contributed by atoms with van der Waals surface area (Å²) in [5.74, 6) is 1.24. The van der Waals surface area contributed by atoms with Gasteiger partial charge in [0.05, 0.1) is 30.5 Å². The third-order valence-electron chi connectivity index (χ3n) is 6.41. The highest BCUT2D eigenvalue weighted by atomic mass is 32.1. The van der Waals surface area contributed by atoms with E-state index in [0.29, 0.717) is 16.0 Å². The van der Waals surface area contributed by atoms with Gasteiger partial charge < -0.3 is 9.47 Å². The van der Waals surface area contributed by atoms with Crippen molar-refractivity contribution in [3.63, 3.8) is 0 Å². The quantitative estimate of drug-likeness (QED) is 0.430. The number of allylic oxidation sites excluding steroid dienone is 1.